The molecule has 0 N–H and O–H groups in total. The Kier molecular flexibility index (Phi) is 5.41. The van der Waals surface area contributed by atoms with Crippen molar-refractivity contribution >= 4 is 22.0 Å². The molecular weight excluding hydrogens is 418 g/mol. The Balaban J connectivity index is 1.57. The quantitative estimate of drug-likeness (QED) is 0.538. The third-order valence-electron chi connectivity index (χ3n) is 6.31. The largest absolute Gasteiger partial charge is 0.442 e. The predicted octanol–water partition coefficient (Wildman–Crippen LogP) is 5.79. The standard InChI is InChI=1S/C23H28BrNO3/c1-17(18-9-11-20(24)12-10-18)25-14-6-13-23(28-21(25)26,15-22(2)16-27-22)19-7-4-3-5-8-19/h3-5,7,9-12,17,19H,6,8,13-16H2,1-2H3/t17-,19?,22?,23-/m0/s1. The van der Waals surface area contributed by atoms with E-state index in [1.165, 1.54) is 0 Å². The van der Waals surface area contributed by atoms with Crippen LogP contribution in [0.4, 0.5) is 4.79 Å². The number of halogens is 1. The Labute approximate surface area is 175 Å². The molecule has 28 heavy (non-hydrogen) atoms. The number of benzene rings is 1. The fourth-order valence-corrected chi connectivity index (χ4v) is 4.81. The third-order valence-corrected chi connectivity index (χ3v) is 6.84. The number of allylic oxidation sites excluding steroid dienone is 3. The number of hydrogen-bond donors (Lipinski definition) is 0. The predicted molar refractivity (Wildman–Crippen MR) is 113 cm³/mol. The molecule has 1 amide bonds. The molecule has 1 aromatic rings. The van der Waals surface area contributed by atoms with Crippen LogP contribution in [0.2, 0.25) is 0 Å². The lowest BCUT2D eigenvalue weighted by atomic mass is 9.74. The summed E-state index contributed by atoms with van der Waals surface area (Å²) in [6.07, 6.45) is 11.8. The SMILES string of the molecule is C[C@@H](c1ccc(Br)cc1)N1CCC[C@](CC2(C)CO2)(C2C=CC=CC2)OC1=O. The lowest BCUT2D eigenvalue weighted by Crippen LogP contribution is -2.46. The number of nitrogens with zero attached hydrogens (tertiary/aromatic N) is 1. The summed E-state index contributed by atoms with van der Waals surface area (Å²) in [5.74, 6) is 0.199. The Morgan fingerprint density at radius 3 is 2.68 bits per heavy atom. The highest BCUT2D eigenvalue weighted by Crippen LogP contribution is 2.46. The Morgan fingerprint density at radius 2 is 2.04 bits per heavy atom. The van der Waals surface area contributed by atoms with Gasteiger partial charge in [-0.15, -0.1) is 0 Å². The summed E-state index contributed by atoms with van der Waals surface area (Å²) in [7, 11) is 0. The van der Waals surface area contributed by atoms with E-state index in [9.17, 15) is 4.79 Å². The zero-order valence-corrected chi connectivity index (χ0v) is 18.2. The molecule has 4 nitrogen and oxygen atoms in total. The Morgan fingerprint density at radius 1 is 1.29 bits per heavy atom. The second kappa shape index (κ2) is 7.68. The molecule has 0 saturated carbocycles. The first kappa shape index (κ1) is 19.7. The first-order chi connectivity index (χ1) is 13.4. The number of hydrogen-bond acceptors (Lipinski definition) is 3. The molecule has 0 aromatic heterocycles. The van der Waals surface area contributed by atoms with Crippen LogP contribution >= 0.6 is 15.9 Å². The van der Waals surface area contributed by atoms with Gasteiger partial charge in [0, 0.05) is 23.4 Å². The first-order valence-electron chi connectivity index (χ1n) is 10.1. The van der Waals surface area contributed by atoms with Crippen LogP contribution in [0.3, 0.4) is 0 Å². The van der Waals surface area contributed by atoms with Gasteiger partial charge in [-0.2, -0.15) is 0 Å². The summed E-state index contributed by atoms with van der Waals surface area (Å²) in [4.78, 5) is 15.2. The first-order valence-corrected chi connectivity index (χ1v) is 10.9. The van der Waals surface area contributed by atoms with Crippen LogP contribution in [0.25, 0.3) is 0 Å². The Bertz CT molecular complexity index is 784. The third kappa shape index (κ3) is 4.06. The van der Waals surface area contributed by atoms with Gasteiger partial charge in [0.25, 0.3) is 0 Å². The molecule has 1 aliphatic carbocycles. The molecular formula is C23H28BrNO3. The summed E-state index contributed by atoms with van der Waals surface area (Å²) >= 11 is 3.48. The number of epoxide rings is 1. The highest BCUT2D eigenvalue weighted by molar-refractivity contribution is 9.10. The van der Waals surface area contributed by atoms with E-state index < -0.39 is 5.60 Å². The van der Waals surface area contributed by atoms with Crippen LogP contribution in [0, 0.1) is 5.92 Å². The van der Waals surface area contributed by atoms with Gasteiger partial charge in [-0.25, -0.2) is 4.79 Å². The van der Waals surface area contributed by atoms with E-state index in [1.54, 1.807) is 0 Å². The van der Waals surface area contributed by atoms with Crippen molar-refractivity contribution < 1.29 is 14.3 Å². The molecule has 5 heteroatoms. The van der Waals surface area contributed by atoms with E-state index in [0.717, 1.165) is 42.3 Å². The maximum atomic E-state index is 13.3. The van der Waals surface area contributed by atoms with Gasteiger partial charge in [-0.3, -0.25) is 0 Å². The summed E-state index contributed by atoms with van der Waals surface area (Å²) < 4.78 is 13.1. The fourth-order valence-electron chi connectivity index (χ4n) is 4.54. The highest BCUT2D eigenvalue weighted by atomic mass is 79.9. The van der Waals surface area contributed by atoms with E-state index in [1.807, 2.05) is 17.0 Å². The maximum absolute atomic E-state index is 13.3. The summed E-state index contributed by atoms with van der Waals surface area (Å²) in [5, 5.41) is 0. The molecule has 0 spiro atoms. The number of carbonyl (C=O) groups excluding carboxylic acids is 1. The number of cyclic esters (lactones) is 1. The van der Waals surface area contributed by atoms with E-state index in [0.29, 0.717) is 6.54 Å². The summed E-state index contributed by atoms with van der Waals surface area (Å²) in [6, 6.07) is 8.14. The number of ether oxygens (including phenoxy) is 2. The zero-order valence-electron chi connectivity index (χ0n) is 16.6. The van der Waals surface area contributed by atoms with Crippen molar-refractivity contribution in [3.8, 4) is 0 Å². The summed E-state index contributed by atoms with van der Waals surface area (Å²) in [5.41, 5.74) is 0.449. The smallest absolute Gasteiger partial charge is 0.410 e. The van der Waals surface area contributed by atoms with Crippen molar-refractivity contribution in [2.75, 3.05) is 13.2 Å². The van der Waals surface area contributed by atoms with Crippen molar-refractivity contribution in [3.05, 3.63) is 58.6 Å². The van der Waals surface area contributed by atoms with Crippen molar-refractivity contribution in [2.24, 2.45) is 5.92 Å². The van der Waals surface area contributed by atoms with Gasteiger partial charge < -0.3 is 14.4 Å². The second-order valence-corrected chi connectivity index (χ2v) is 9.44. The molecule has 2 aliphatic heterocycles. The Hall–Kier alpha value is -1.59. The summed E-state index contributed by atoms with van der Waals surface area (Å²) in [6.45, 7) is 5.66. The van der Waals surface area contributed by atoms with Gasteiger partial charge in [-0.05, 0) is 50.8 Å². The van der Waals surface area contributed by atoms with Crippen LogP contribution in [0.5, 0.6) is 0 Å². The van der Waals surface area contributed by atoms with E-state index >= 15 is 0 Å². The molecule has 2 heterocycles. The molecule has 2 unspecified atom stereocenters. The van der Waals surface area contributed by atoms with Crippen LogP contribution in [0.1, 0.15) is 51.1 Å². The lowest BCUT2D eigenvalue weighted by Gasteiger charge is -2.40. The zero-order chi connectivity index (χ0) is 19.8. The number of rotatable bonds is 5. The maximum Gasteiger partial charge on any atom is 0.410 e. The molecule has 0 radical (unpaired) electrons. The average molecular weight is 446 g/mol. The van der Waals surface area contributed by atoms with Crippen molar-refractivity contribution in [3.63, 3.8) is 0 Å². The molecule has 4 rings (SSSR count). The van der Waals surface area contributed by atoms with E-state index in [4.69, 9.17) is 9.47 Å². The molecule has 1 aromatic carbocycles. The normalized spacial score (nSPS) is 33.3. The van der Waals surface area contributed by atoms with E-state index in [-0.39, 0.29) is 23.7 Å². The minimum Gasteiger partial charge on any atom is -0.442 e. The van der Waals surface area contributed by atoms with Gasteiger partial charge in [0.1, 0.15) is 5.60 Å². The highest BCUT2D eigenvalue weighted by Gasteiger charge is 2.53. The van der Waals surface area contributed by atoms with Crippen LogP contribution in [-0.4, -0.2) is 35.3 Å². The van der Waals surface area contributed by atoms with Crippen LogP contribution < -0.4 is 0 Å². The minimum atomic E-state index is -0.502. The number of carbonyl (C=O) groups is 1. The van der Waals surface area contributed by atoms with Crippen molar-refractivity contribution in [1.29, 1.82) is 0 Å². The van der Waals surface area contributed by atoms with Gasteiger partial charge >= 0.3 is 6.09 Å². The van der Waals surface area contributed by atoms with Crippen LogP contribution in [0.15, 0.2) is 53.0 Å². The van der Waals surface area contributed by atoms with Gasteiger partial charge in [-0.1, -0.05) is 52.4 Å². The molecule has 2 saturated heterocycles. The van der Waals surface area contributed by atoms with Crippen molar-refractivity contribution in [2.45, 2.75) is 56.8 Å². The lowest BCUT2D eigenvalue weighted by molar-refractivity contribution is -0.0504. The van der Waals surface area contributed by atoms with Gasteiger partial charge in [0.05, 0.1) is 18.2 Å². The molecule has 0 bridgehead atoms. The topological polar surface area (TPSA) is 42.1 Å². The molecule has 150 valence electrons. The fraction of sp³-hybridized carbons (Fsp3) is 0.522. The number of amides is 1. The monoisotopic (exact) mass is 445 g/mol. The molecule has 2 fully saturated rings. The van der Waals surface area contributed by atoms with Gasteiger partial charge in [0.2, 0.25) is 0 Å². The van der Waals surface area contributed by atoms with Gasteiger partial charge in [0.15, 0.2) is 0 Å². The van der Waals surface area contributed by atoms with Crippen molar-refractivity contribution in [1.82, 2.24) is 4.90 Å². The minimum absolute atomic E-state index is 0.0223. The van der Waals surface area contributed by atoms with Crippen LogP contribution in [-0.2, 0) is 9.47 Å². The van der Waals surface area contributed by atoms with E-state index in [2.05, 4.69) is 66.2 Å². The molecule has 4 atom stereocenters. The second-order valence-electron chi connectivity index (χ2n) is 8.53. The average Bonchev–Trinajstić information content (AvgIpc) is 3.44. The molecule has 3 aliphatic rings.